The summed E-state index contributed by atoms with van der Waals surface area (Å²) in [5, 5.41) is 4.33. The molecule has 0 saturated heterocycles. The number of para-hydroxylation sites is 1. The number of nitrogens with one attached hydrogen (secondary N) is 1. The predicted molar refractivity (Wildman–Crippen MR) is 168 cm³/mol. The molecule has 0 radical (unpaired) electrons. The standard InChI is InChI=1S/C35H44FN3O3/c1-6-38(7-2)18-10-11-25(3)37-35(40)22-32(27-19-29(41-4)21-30(20-27)42-5)33-24-39(34-13-9-8-12-31(33)34)23-26-14-16-28(36)17-15-26/h8-9,12-17,19-21,24-25,32H,6-7,10-11,18,22-23H2,1-5H3,(H,37,40). The normalized spacial score (nSPS) is 12.8. The van der Waals surface area contributed by atoms with Gasteiger partial charge < -0.3 is 24.3 Å². The van der Waals surface area contributed by atoms with E-state index in [0.717, 1.165) is 60.1 Å². The van der Waals surface area contributed by atoms with E-state index in [4.69, 9.17) is 9.47 Å². The molecule has 6 nitrogen and oxygen atoms in total. The molecule has 1 heterocycles. The Morgan fingerprint density at radius 1 is 0.976 bits per heavy atom. The van der Waals surface area contributed by atoms with Gasteiger partial charge in [0, 0.05) is 48.1 Å². The monoisotopic (exact) mass is 573 g/mol. The van der Waals surface area contributed by atoms with E-state index in [1.807, 2.05) is 42.5 Å². The molecule has 0 fully saturated rings. The molecule has 3 aromatic carbocycles. The molecule has 2 unspecified atom stereocenters. The first kappa shape index (κ1) is 31.1. The lowest BCUT2D eigenvalue weighted by atomic mass is 9.87. The zero-order valence-corrected chi connectivity index (χ0v) is 25.5. The van der Waals surface area contributed by atoms with Crippen LogP contribution < -0.4 is 14.8 Å². The minimum atomic E-state index is -0.253. The second-order valence-electron chi connectivity index (χ2n) is 10.9. The summed E-state index contributed by atoms with van der Waals surface area (Å²) in [7, 11) is 3.27. The van der Waals surface area contributed by atoms with Gasteiger partial charge in [0.25, 0.3) is 0 Å². The van der Waals surface area contributed by atoms with Crippen molar-refractivity contribution in [2.45, 2.75) is 58.5 Å². The molecule has 1 amide bonds. The van der Waals surface area contributed by atoms with E-state index in [1.165, 1.54) is 12.1 Å². The van der Waals surface area contributed by atoms with Crippen LogP contribution in [0.1, 0.15) is 62.6 Å². The number of amides is 1. The van der Waals surface area contributed by atoms with Crippen molar-refractivity contribution in [3.05, 3.63) is 95.4 Å². The lowest BCUT2D eigenvalue weighted by molar-refractivity contribution is -0.121. The molecule has 4 aromatic rings. The first-order valence-electron chi connectivity index (χ1n) is 14.9. The highest BCUT2D eigenvalue weighted by molar-refractivity contribution is 5.87. The van der Waals surface area contributed by atoms with Gasteiger partial charge in [0.15, 0.2) is 0 Å². The van der Waals surface area contributed by atoms with Crippen LogP contribution in [0.25, 0.3) is 10.9 Å². The van der Waals surface area contributed by atoms with Crippen molar-refractivity contribution < 1.29 is 18.7 Å². The first-order chi connectivity index (χ1) is 20.3. The van der Waals surface area contributed by atoms with E-state index in [9.17, 15) is 9.18 Å². The highest BCUT2D eigenvalue weighted by Crippen LogP contribution is 2.38. The summed E-state index contributed by atoms with van der Waals surface area (Å²) < 4.78 is 26.9. The molecule has 42 heavy (non-hydrogen) atoms. The van der Waals surface area contributed by atoms with Crippen LogP contribution in [0.15, 0.2) is 72.9 Å². The summed E-state index contributed by atoms with van der Waals surface area (Å²) >= 11 is 0. The minimum Gasteiger partial charge on any atom is -0.497 e. The maximum Gasteiger partial charge on any atom is 0.221 e. The number of hydrogen-bond donors (Lipinski definition) is 1. The summed E-state index contributed by atoms with van der Waals surface area (Å²) in [6.07, 6.45) is 4.38. The third kappa shape index (κ3) is 7.91. The van der Waals surface area contributed by atoms with Gasteiger partial charge in [-0.25, -0.2) is 4.39 Å². The molecule has 1 aromatic heterocycles. The molecule has 0 aliphatic carbocycles. The fraction of sp³-hybridized carbons (Fsp3) is 0.400. The maximum absolute atomic E-state index is 13.6. The van der Waals surface area contributed by atoms with Crippen LogP contribution in [0, 0.1) is 5.82 Å². The van der Waals surface area contributed by atoms with E-state index < -0.39 is 0 Å². The van der Waals surface area contributed by atoms with Gasteiger partial charge in [-0.1, -0.05) is 44.2 Å². The molecule has 0 saturated carbocycles. The third-order valence-electron chi connectivity index (χ3n) is 8.04. The van der Waals surface area contributed by atoms with Gasteiger partial charge in [-0.05, 0) is 86.4 Å². The van der Waals surface area contributed by atoms with E-state index >= 15 is 0 Å². The van der Waals surface area contributed by atoms with E-state index in [2.05, 4.69) is 53.9 Å². The highest BCUT2D eigenvalue weighted by atomic mass is 19.1. The second-order valence-corrected chi connectivity index (χ2v) is 10.9. The van der Waals surface area contributed by atoms with E-state index in [0.29, 0.717) is 18.0 Å². The Balaban J connectivity index is 1.66. The first-order valence-corrected chi connectivity index (χ1v) is 14.9. The number of aromatic nitrogens is 1. The Hall–Kier alpha value is -3.84. The van der Waals surface area contributed by atoms with Crippen molar-refractivity contribution in [2.75, 3.05) is 33.9 Å². The van der Waals surface area contributed by atoms with Crippen LogP contribution in [0.3, 0.4) is 0 Å². The van der Waals surface area contributed by atoms with Crippen molar-refractivity contribution in [1.82, 2.24) is 14.8 Å². The summed E-state index contributed by atoms with van der Waals surface area (Å²) in [6.45, 7) is 10.1. The highest BCUT2D eigenvalue weighted by Gasteiger charge is 2.25. The number of halogens is 1. The molecule has 224 valence electrons. The average Bonchev–Trinajstić information content (AvgIpc) is 3.36. The number of nitrogens with zero attached hydrogens (tertiary/aromatic N) is 2. The third-order valence-corrected chi connectivity index (χ3v) is 8.04. The zero-order chi connectivity index (χ0) is 30.1. The van der Waals surface area contributed by atoms with E-state index in [1.54, 1.807) is 14.2 Å². The Kier molecular flexibility index (Phi) is 11.0. The number of carbonyl (C=O) groups excluding carboxylic acids is 1. The fourth-order valence-corrected chi connectivity index (χ4v) is 5.66. The van der Waals surface area contributed by atoms with E-state index in [-0.39, 0.29) is 30.1 Å². The molecular formula is C35H44FN3O3. The minimum absolute atomic E-state index is 0.00694. The number of rotatable bonds is 15. The molecule has 0 bridgehead atoms. The van der Waals surface area contributed by atoms with Gasteiger partial charge in [0.1, 0.15) is 17.3 Å². The van der Waals surface area contributed by atoms with Crippen LogP contribution in [-0.2, 0) is 11.3 Å². The second kappa shape index (κ2) is 14.9. The van der Waals surface area contributed by atoms with Gasteiger partial charge in [-0.3, -0.25) is 4.79 Å². The Morgan fingerprint density at radius 3 is 2.29 bits per heavy atom. The fourth-order valence-electron chi connectivity index (χ4n) is 5.66. The number of carbonyl (C=O) groups is 1. The average molecular weight is 574 g/mol. The molecule has 0 aliphatic rings. The molecule has 1 N–H and O–H groups in total. The quantitative estimate of drug-likeness (QED) is 0.167. The number of ether oxygens (including phenoxy) is 2. The molecule has 7 heteroatoms. The van der Waals surface area contributed by atoms with Crippen LogP contribution in [-0.4, -0.2) is 55.3 Å². The topological polar surface area (TPSA) is 55.7 Å². The van der Waals surface area contributed by atoms with Crippen LogP contribution in [0.4, 0.5) is 4.39 Å². The number of benzene rings is 3. The Morgan fingerprint density at radius 2 is 1.64 bits per heavy atom. The molecule has 0 spiro atoms. The Labute approximate surface area is 249 Å². The van der Waals surface area contributed by atoms with Crippen molar-refractivity contribution >= 4 is 16.8 Å². The van der Waals surface area contributed by atoms with Crippen LogP contribution >= 0.6 is 0 Å². The van der Waals surface area contributed by atoms with Crippen molar-refractivity contribution in [3.63, 3.8) is 0 Å². The lowest BCUT2D eigenvalue weighted by Crippen LogP contribution is -2.34. The molecule has 4 rings (SSSR count). The lowest BCUT2D eigenvalue weighted by Gasteiger charge is -2.22. The molecular weight excluding hydrogens is 529 g/mol. The SMILES string of the molecule is CCN(CC)CCCC(C)NC(=O)CC(c1cc(OC)cc(OC)c1)c1cn(Cc2ccc(F)cc2)c2ccccc12. The predicted octanol–water partition coefficient (Wildman–Crippen LogP) is 6.99. The van der Waals surface area contributed by atoms with Gasteiger partial charge >= 0.3 is 0 Å². The van der Waals surface area contributed by atoms with Gasteiger partial charge in [0.05, 0.1) is 14.2 Å². The van der Waals surface area contributed by atoms with Crippen molar-refractivity contribution in [2.24, 2.45) is 0 Å². The maximum atomic E-state index is 13.6. The van der Waals surface area contributed by atoms with Gasteiger partial charge in [-0.15, -0.1) is 0 Å². The number of methoxy groups -OCH3 is 2. The Bertz CT molecular complexity index is 1420. The smallest absolute Gasteiger partial charge is 0.221 e. The largest absolute Gasteiger partial charge is 0.497 e. The van der Waals surface area contributed by atoms with Crippen LogP contribution in [0.2, 0.25) is 0 Å². The summed E-state index contributed by atoms with van der Waals surface area (Å²) in [5.41, 5.74) is 4.05. The summed E-state index contributed by atoms with van der Waals surface area (Å²) in [5.74, 6) is 0.866. The van der Waals surface area contributed by atoms with Crippen molar-refractivity contribution in [3.8, 4) is 11.5 Å². The molecule has 2 atom stereocenters. The van der Waals surface area contributed by atoms with Crippen molar-refractivity contribution in [1.29, 1.82) is 0 Å². The summed E-state index contributed by atoms with van der Waals surface area (Å²) in [4.78, 5) is 16.0. The van der Waals surface area contributed by atoms with Gasteiger partial charge in [-0.2, -0.15) is 0 Å². The molecule has 0 aliphatic heterocycles. The van der Waals surface area contributed by atoms with Gasteiger partial charge in [0.2, 0.25) is 5.91 Å². The summed E-state index contributed by atoms with van der Waals surface area (Å²) in [6, 6.07) is 20.7. The van der Waals surface area contributed by atoms with Crippen LogP contribution in [0.5, 0.6) is 11.5 Å². The number of fused-ring (bicyclic) bond motifs is 1. The number of hydrogen-bond acceptors (Lipinski definition) is 4. The zero-order valence-electron chi connectivity index (χ0n) is 25.5.